The van der Waals surface area contributed by atoms with E-state index in [1.54, 1.807) is 0 Å². The number of aryl methyl sites for hydroxylation is 3. The van der Waals surface area contributed by atoms with Crippen molar-refractivity contribution in [1.82, 2.24) is 0 Å². The van der Waals surface area contributed by atoms with E-state index in [9.17, 15) is 5.11 Å². The van der Waals surface area contributed by atoms with Gasteiger partial charge in [-0.2, -0.15) is 0 Å². The highest BCUT2D eigenvalue weighted by Gasteiger charge is 2.16. The fraction of sp³-hybridized carbons (Fsp3) is 0.333. The molecule has 21 heavy (non-hydrogen) atoms. The summed E-state index contributed by atoms with van der Waals surface area (Å²) in [5.74, 6) is 0.504. The molecule has 0 saturated carbocycles. The van der Waals surface area contributed by atoms with Crippen molar-refractivity contribution in [2.24, 2.45) is 0 Å². The first-order chi connectivity index (χ1) is 10.1. The third-order valence-corrected chi connectivity index (χ3v) is 6.43. The lowest BCUT2D eigenvalue weighted by atomic mass is 9.99. The third kappa shape index (κ3) is 2.34. The number of phenolic OH excluding ortho intramolecular Hbond substituents is 1. The Morgan fingerprint density at radius 2 is 1.62 bits per heavy atom. The van der Waals surface area contributed by atoms with Crippen molar-refractivity contribution >= 4 is 54.1 Å². The fourth-order valence-corrected chi connectivity index (χ4v) is 5.34. The summed E-state index contributed by atoms with van der Waals surface area (Å²) in [5.41, 5.74) is 3.58. The molecule has 0 unspecified atom stereocenters. The first-order valence-electron chi connectivity index (χ1n) is 7.48. The Morgan fingerprint density at radius 3 is 2.24 bits per heavy atom. The Morgan fingerprint density at radius 1 is 0.952 bits per heavy atom. The van der Waals surface area contributed by atoms with Gasteiger partial charge in [0.25, 0.3) is 0 Å². The number of benzene rings is 2. The van der Waals surface area contributed by atoms with Gasteiger partial charge in [0, 0.05) is 29.3 Å². The molecule has 1 N–H and O–H groups in total. The number of hydrogen-bond acceptors (Lipinski definition) is 2. The van der Waals surface area contributed by atoms with Crippen LogP contribution in [-0.4, -0.2) is 5.11 Å². The molecule has 0 amide bonds. The highest BCUT2D eigenvalue weighted by Crippen LogP contribution is 2.42. The minimum Gasteiger partial charge on any atom is -0.507 e. The molecule has 1 heterocycles. The second-order valence-electron chi connectivity index (χ2n) is 5.34. The number of hydrogen-bond donors (Lipinski definition) is 1. The molecule has 3 heteroatoms. The molecule has 0 atom stereocenters. The van der Waals surface area contributed by atoms with Crippen LogP contribution in [0.2, 0.25) is 0 Å². The molecule has 0 bridgehead atoms. The van der Waals surface area contributed by atoms with E-state index in [1.165, 1.54) is 29.3 Å². The van der Waals surface area contributed by atoms with E-state index in [-0.39, 0.29) is 0 Å². The third-order valence-electron chi connectivity index (χ3n) is 4.19. The predicted molar refractivity (Wildman–Crippen MR) is 102 cm³/mol. The summed E-state index contributed by atoms with van der Waals surface area (Å²) in [4.78, 5) is 0. The van der Waals surface area contributed by atoms with Crippen molar-refractivity contribution < 1.29 is 5.11 Å². The van der Waals surface area contributed by atoms with Gasteiger partial charge in [0.05, 0.1) is 0 Å². The van der Waals surface area contributed by atoms with E-state index in [0.29, 0.717) is 5.75 Å². The summed E-state index contributed by atoms with van der Waals surface area (Å²) in [6.07, 6.45) is 2.81. The lowest BCUT2D eigenvalue weighted by Gasteiger charge is -2.09. The van der Waals surface area contributed by atoms with Crippen molar-refractivity contribution in [2.45, 2.75) is 40.0 Å². The lowest BCUT2D eigenvalue weighted by Crippen LogP contribution is -1.89. The van der Waals surface area contributed by atoms with Gasteiger partial charge in [0.15, 0.2) is 0 Å². The van der Waals surface area contributed by atoms with Crippen LogP contribution in [-0.2, 0) is 19.3 Å². The Bertz CT molecular complexity index is 832. The van der Waals surface area contributed by atoms with Crippen molar-refractivity contribution in [3.63, 3.8) is 0 Å². The zero-order valence-electron chi connectivity index (χ0n) is 12.6. The summed E-state index contributed by atoms with van der Waals surface area (Å²) >= 11 is 4.24. The van der Waals surface area contributed by atoms with Gasteiger partial charge in [-0.25, -0.2) is 0 Å². The van der Waals surface area contributed by atoms with E-state index in [1.807, 2.05) is 11.3 Å². The van der Waals surface area contributed by atoms with Crippen LogP contribution in [0.5, 0.6) is 5.75 Å². The molecule has 1 aromatic heterocycles. The van der Waals surface area contributed by atoms with Crippen molar-refractivity contribution in [1.29, 1.82) is 0 Å². The molecule has 0 radical (unpaired) electrons. The number of phenols is 1. The minimum atomic E-state index is 0.504. The quantitative estimate of drug-likeness (QED) is 0.521. The summed E-state index contributed by atoms with van der Waals surface area (Å²) < 4.78 is 3.92. The van der Waals surface area contributed by atoms with Crippen LogP contribution >= 0.6 is 33.9 Å². The molecule has 1 nitrogen and oxygen atoms in total. The second kappa shape index (κ2) is 5.76. The molecule has 2 aromatic carbocycles. The topological polar surface area (TPSA) is 20.2 Å². The maximum atomic E-state index is 10.5. The van der Waals surface area contributed by atoms with Crippen molar-refractivity contribution in [3.05, 3.63) is 38.5 Å². The maximum absolute atomic E-state index is 10.5. The van der Waals surface area contributed by atoms with Gasteiger partial charge in [-0.05, 0) is 71.2 Å². The van der Waals surface area contributed by atoms with E-state index in [4.69, 9.17) is 0 Å². The molecule has 0 aliphatic rings. The number of fused-ring (bicyclic) bond motifs is 3. The summed E-state index contributed by atoms with van der Waals surface area (Å²) in [5, 5.41) is 13.1. The van der Waals surface area contributed by atoms with Gasteiger partial charge in [0.2, 0.25) is 0 Å². The van der Waals surface area contributed by atoms with Crippen LogP contribution in [0, 0.1) is 3.57 Å². The molecule has 0 aliphatic carbocycles. The average Bonchev–Trinajstić information content (AvgIpc) is 2.82. The van der Waals surface area contributed by atoms with Gasteiger partial charge in [-0.1, -0.05) is 20.8 Å². The highest BCUT2D eigenvalue weighted by atomic mass is 127. The molecule has 110 valence electrons. The fourth-order valence-electron chi connectivity index (χ4n) is 2.96. The monoisotopic (exact) mass is 410 g/mol. The van der Waals surface area contributed by atoms with Crippen LogP contribution in [0.1, 0.15) is 37.5 Å². The van der Waals surface area contributed by atoms with Gasteiger partial charge in [-0.3, -0.25) is 0 Å². The highest BCUT2D eigenvalue weighted by molar-refractivity contribution is 14.1. The molecular weight excluding hydrogens is 391 g/mol. The number of halogens is 1. The summed E-state index contributed by atoms with van der Waals surface area (Å²) in [6.45, 7) is 6.44. The smallest absolute Gasteiger partial charge is 0.123 e. The molecule has 3 rings (SSSR count). The first kappa shape index (κ1) is 15.1. The van der Waals surface area contributed by atoms with Crippen LogP contribution in [0.15, 0.2) is 18.2 Å². The maximum Gasteiger partial charge on any atom is 0.123 e. The number of rotatable bonds is 3. The SMILES string of the molecule is CCc1cc2c(cc1I)sc1c(CC)c(O)c(CC)cc12. The van der Waals surface area contributed by atoms with Gasteiger partial charge in [0.1, 0.15) is 5.75 Å². The zero-order valence-corrected chi connectivity index (χ0v) is 15.6. The second-order valence-corrected chi connectivity index (χ2v) is 7.56. The van der Waals surface area contributed by atoms with Crippen molar-refractivity contribution in [3.8, 4) is 5.75 Å². The lowest BCUT2D eigenvalue weighted by molar-refractivity contribution is 0.464. The van der Waals surface area contributed by atoms with Gasteiger partial charge >= 0.3 is 0 Å². The molecular formula is C18H19IOS. The zero-order chi connectivity index (χ0) is 15.1. The van der Waals surface area contributed by atoms with E-state index >= 15 is 0 Å². The van der Waals surface area contributed by atoms with Crippen LogP contribution in [0.25, 0.3) is 20.2 Å². The van der Waals surface area contributed by atoms with Crippen LogP contribution in [0.3, 0.4) is 0 Å². The van der Waals surface area contributed by atoms with E-state index in [2.05, 4.69) is 61.6 Å². The Balaban J connectivity index is 2.47. The molecule has 0 aliphatic heterocycles. The van der Waals surface area contributed by atoms with Crippen LogP contribution < -0.4 is 0 Å². The summed E-state index contributed by atoms with van der Waals surface area (Å²) in [7, 11) is 0. The summed E-state index contributed by atoms with van der Waals surface area (Å²) in [6, 6.07) is 6.82. The Hall–Kier alpha value is -0.810. The minimum absolute atomic E-state index is 0.504. The molecule has 3 aromatic rings. The average molecular weight is 410 g/mol. The van der Waals surface area contributed by atoms with Gasteiger partial charge in [-0.15, -0.1) is 11.3 Å². The molecule has 0 saturated heterocycles. The van der Waals surface area contributed by atoms with E-state index < -0.39 is 0 Å². The molecule has 0 fully saturated rings. The van der Waals surface area contributed by atoms with E-state index in [0.717, 1.165) is 30.4 Å². The van der Waals surface area contributed by atoms with Gasteiger partial charge < -0.3 is 5.11 Å². The number of aromatic hydroxyl groups is 1. The largest absolute Gasteiger partial charge is 0.507 e. The predicted octanol–water partition coefficient (Wildman–Crippen LogP) is 6.05. The first-order valence-corrected chi connectivity index (χ1v) is 9.38. The Labute approximate surface area is 143 Å². The number of thiophene rings is 1. The Kier molecular flexibility index (Phi) is 4.14. The van der Waals surface area contributed by atoms with Crippen molar-refractivity contribution in [2.75, 3.05) is 0 Å². The molecule has 0 spiro atoms. The normalized spacial score (nSPS) is 11.6. The standard InChI is InChI=1S/C18H19IOS/c1-4-10-7-13-14-8-11(5-2)17(20)12(6-3)18(14)21-16(13)9-15(10)19/h7-9,20H,4-6H2,1-3H3. The van der Waals surface area contributed by atoms with Crippen LogP contribution in [0.4, 0.5) is 0 Å².